The highest BCUT2D eigenvalue weighted by molar-refractivity contribution is 9.11. The first-order valence-corrected chi connectivity index (χ1v) is 15.4. The number of hydrogen-bond donors (Lipinski definition) is 2. The van der Waals surface area contributed by atoms with Crippen LogP contribution in [0, 0.1) is 5.82 Å². The van der Waals surface area contributed by atoms with Crippen LogP contribution >= 0.6 is 55.2 Å². The molecule has 1 fully saturated rings. The summed E-state index contributed by atoms with van der Waals surface area (Å²) in [5.41, 5.74) is 1.28. The highest BCUT2D eigenvalue weighted by Gasteiger charge is 2.34. The third kappa shape index (κ3) is 7.97. The van der Waals surface area contributed by atoms with Crippen molar-refractivity contribution in [3.8, 4) is 11.5 Å². The van der Waals surface area contributed by atoms with Crippen molar-refractivity contribution in [2.75, 3.05) is 11.9 Å². The molecule has 0 bridgehead atoms. The largest absolute Gasteiger partial charge is 0.506 e. The van der Waals surface area contributed by atoms with Gasteiger partial charge in [0.2, 0.25) is 0 Å². The van der Waals surface area contributed by atoms with E-state index in [2.05, 4.69) is 47.4 Å². The standard InChI is InChI=1S/C30H20Br2ClFN4O5S/c31-19-10-18(28(40)24(32)13-19)14-35-37-30-38(15-23-2-1-9-42-23)29(41)26(44-30)12-17-11-20(33)3-8-25(17)43-16-27(39)36-22-6-4-21(34)5-7-22/h1-14,40H,15-16H2,(H,36,39)/b26-12-,35-14+,37-30-. The van der Waals surface area contributed by atoms with Crippen LogP contribution in [0.5, 0.6) is 11.5 Å². The SMILES string of the molecule is O=C(COc1ccc(Cl)cc1/C=C1\S/C(=N\N=C\c2cc(Br)cc(Br)c2O)N(Cc2ccco2)C1=O)Nc1ccc(F)cc1. The van der Waals surface area contributed by atoms with Crippen molar-refractivity contribution in [2.45, 2.75) is 6.54 Å². The maximum Gasteiger partial charge on any atom is 0.267 e. The molecule has 0 atom stereocenters. The molecule has 2 amide bonds. The molecule has 0 unspecified atom stereocenters. The highest BCUT2D eigenvalue weighted by atomic mass is 79.9. The number of nitrogens with one attached hydrogen (secondary N) is 1. The number of phenols is 1. The summed E-state index contributed by atoms with van der Waals surface area (Å²) in [6.07, 6.45) is 4.46. The number of anilines is 1. The molecule has 2 N–H and O–H groups in total. The Bertz CT molecular complexity index is 1800. The number of hydrogen-bond acceptors (Lipinski definition) is 8. The van der Waals surface area contributed by atoms with E-state index in [1.165, 1.54) is 41.6 Å². The number of nitrogens with zero attached hydrogens (tertiary/aromatic N) is 3. The summed E-state index contributed by atoms with van der Waals surface area (Å²) < 4.78 is 25.6. The monoisotopic (exact) mass is 760 g/mol. The smallest absolute Gasteiger partial charge is 0.267 e. The fourth-order valence-corrected chi connectivity index (χ4v) is 6.25. The zero-order valence-corrected chi connectivity index (χ0v) is 27.1. The van der Waals surface area contributed by atoms with Crippen molar-refractivity contribution in [1.29, 1.82) is 0 Å². The summed E-state index contributed by atoms with van der Waals surface area (Å²) in [5, 5.41) is 22.0. The molecule has 1 saturated heterocycles. The van der Waals surface area contributed by atoms with Crippen LogP contribution in [-0.4, -0.2) is 39.8 Å². The van der Waals surface area contributed by atoms with Crippen LogP contribution in [0.4, 0.5) is 10.1 Å². The van der Waals surface area contributed by atoms with Crippen molar-refractivity contribution >= 4 is 90.2 Å². The van der Waals surface area contributed by atoms with E-state index in [4.69, 9.17) is 20.8 Å². The summed E-state index contributed by atoms with van der Waals surface area (Å²) in [7, 11) is 0. The second-order valence-corrected chi connectivity index (χ2v) is 12.3. The molecule has 0 aliphatic carbocycles. The number of benzene rings is 3. The molecule has 2 heterocycles. The Morgan fingerprint density at radius 1 is 1.14 bits per heavy atom. The van der Waals surface area contributed by atoms with Gasteiger partial charge >= 0.3 is 0 Å². The zero-order valence-electron chi connectivity index (χ0n) is 22.3. The van der Waals surface area contributed by atoms with Gasteiger partial charge in [0.1, 0.15) is 23.1 Å². The van der Waals surface area contributed by atoms with Gasteiger partial charge in [-0.2, -0.15) is 5.10 Å². The molecule has 44 heavy (non-hydrogen) atoms. The van der Waals surface area contributed by atoms with Crippen LogP contribution in [0.2, 0.25) is 5.02 Å². The Morgan fingerprint density at radius 2 is 1.93 bits per heavy atom. The molecule has 224 valence electrons. The predicted octanol–water partition coefficient (Wildman–Crippen LogP) is 7.83. The van der Waals surface area contributed by atoms with Crippen LogP contribution in [0.3, 0.4) is 0 Å². The molecular formula is C30H20Br2ClFN4O5S. The van der Waals surface area contributed by atoms with Crippen molar-refractivity contribution < 1.29 is 28.2 Å². The second kappa shape index (κ2) is 14.2. The number of carbonyl (C=O) groups excluding carboxylic acids is 2. The summed E-state index contributed by atoms with van der Waals surface area (Å²) in [6.45, 7) is -0.248. The number of rotatable bonds is 9. The van der Waals surface area contributed by atoms with Crippen LogP contribution in [0.15, 0.2) is 101 Å². The molecule has 0 radical (unpaired) electrons. The minimum absolute atomic E-state index is 0.0137. The van der Waals surface area contributed by atoms with Crippen LogP contribution in [0.1, 0.15) is 16.9 Å². The minimum Gasteiger partial charge on any atom is -0.506 e. The van der Waals surface area contributed by atoms with Gasteiger partial charge < -0.3 is 19.6 Å². The summed E-state index contributed by atoms with van der Waals surface area (Å²) in [6, 6.07) is 16.9. The van der Waals surface area contributed by atoms with E-state index in [9.17, 15) is 19.1 Å². The Kier molecular flexibility index (Phi) is 10.2. The van der Waals surface area contributed by atoms with Gasteiger partial charge in [-0.1, -0.05) is 27.5 Å². The number of amides is 2. The van der Waals surface area contributed by atoms with Crippen molar-refractivity contribution in [2.24, 2.45) is 10.2 Å². The fraction of sp³-hybridized carbons (Fsp3) is 0.0667. The topological polar surface area (TPSA) is 117 Å². The van der Waals surface area contributed by atoms with E-state index in [0.29, 0.717) is 42.7 Å². The predicted molar refractivity (Wildman–Crippen MR) is 175 cm³/mol. The summed E-state index contributed by atoms with van der Waals surface area (Å²) in [5.74, 6) is -0.423. The van der Waals surface area contributed by atoms with Gasteiger partial charge in [0.25, 0.3) is 11.8 Å². The van der Waals surface area contributed by atoms with Crippen LogP contribution < -0.4 is 10.1 Å². The van der Waals surface area contributed by atoms with Crippen molar-refractivity contribution in [3.63, 3.8) is 0 Å². The molecule has 9 nitrogen and oxygen atoms in total. The number of amidine groups is 1. The normalized spacial score (nSPS) is 15.1. The average molecular weight is 763 g/mol. The van der Waals surface area contributed by atoms with Gasteiger partial charge in [0.05, 0.1) is 28.4 Å². The van der Waals surface area contributed by atoms with Gasteiger partial charge in [-0.05, 0) is 100 Å². The number of furan rings is 1. The minimum atomic E-state index is -0.461. The first-order chi connectivity index (χ1) is 21.2. The van der Waals surface area contributed by atoms with Gasteiger partial charge in [-0.25, -0.2) is 4.39 Å². The van der Waals surface area contributed by atoms with Crippen molar-refractivity contribution in [1.82, 2.24) is 4.90 Å². The number of thioether (sulfide) groups is 1. The van der Waals surface area contributed by atoms with Crippen LogP contribution in [0.25, 0.3) is 6.08 Å². The number of halogens is 4. The third-order valence-corrected chi connectivity index (χ3v) is 8.22. The zero-order chi connectivity index (χ0) is 31.2. The molecule has 5 rings (SSSR count). The fourth-order valence-electron chi connectivity index (χ4n) is 3.88. The molecule has 1 aliphatic heterocycles. The Labute approximate surface area is 276 Å². The lowest BCUT2D eigenvalue weighted by atomic mass is 10.2. The van der Waals surface area contributed by atoms with Crippen LogP contribution in [-0.2, 0) is 16.1 Å². The number of carbonyl (C=O) groups is 2. The summed E-state index contributed by atoms with van der Waals surface area (Å²) in [4.78, 5) is 27.7. The maximum absolute atomic E-state index is 13.6. The Balaban J connectivity index is 1.39. The van der Waals surface area contributed by atoms with E-state index in [1.807, 2.05) is 0 Å². The molecule has 3 aromatic carbocycles. The maximum atomic E-state index is 13.6. The van der Waals surface area contributed by atoms with Gasteiger partial charge in [-0.15, -0.1) is 5.10 Å². The Hall–Kier alpha value is -3.91. The quantitative estimate of drug-likeness (QED) is 0.102. The molecule has 1 aliphatic rings. The van der Waals surface area contributed by atoms with Gasteiger partial charge in [-0.3, -0.25) is 14.5 Å². The molecule has 0 spiro atoms. The van der Waals surface area contributed by atoms with E-state index >= 15 is 0 Å². The average Bonchev–Trinajstić information content (AvgIpc) is 3.60. The van der Waals surface area contributed by atoms with E-state index in [-0.39, 0.29) is 30.0 Å². The van der Waals surface area contributed by atoms with E-state index < -0.39 is 11.7 Å². The first-order valence-electron chi connectivity index (χ1n) is 12.7. The lowest BCUT2D eigenvalue weighted by Crippen LogP contribution is -2.28. The molecular weight excluding hydrogens is 743 g/mol. The number of ether oxygens (including phenoxy) is 1. The Morgan fingerprint density at radius 3 is 2.68 bits per heavy atom. The molecule has 14 heteroatoms. The van der Waals surface area contributed by atoms with Gasteiger partial charge in [0, 0.05) is 26.3 Å². The van der Waals surface area contributed by atoms with E-state index in [1.54, 1.807) is 48.5 Å². The van der Waals surface area contributed by atoms with E-state index in [0.717, 1.165) is 16.2 Å². The number of aromatic hydroxyl groups is 1. The molecule has 1 aromatic heterocycles. The summed E-state index contributed by atoms with van der Waals surface area (Å²) >= 11 is 14.0. The van der Waals surface area contributed by atoms with Crippen molar-refractivity contribution in [3.05, 3.63) is 115 Å². The first kappa shape index (κ1) is 31.5. The molecule has 0 saturated carbocycles. The second-order valence-electron chi connectivity index (χ2n) is 9.06. The lowest BCUT2D eigenvalue weighted by molar-refractivity contribution is -0.122. The van der Waals surface area contributed by atoms with Gasteiger partial charge in [0.15, 0.2) is 11.8 Å². The third-order valence-electron chi connectivity index (χ3n) is 5.93. The lowest BCUT2D eigenvalue weighted by Gasteiger charge is -2.13. The number of phenolic OH excluding ortho intramolecular Hbond substituents is 1. The highest BCUT2D eigenvalue weighted by Crippen LogP contribution is 2.36. The molecule has 4 aromatic rings.